The molecule has 0 amide bonds. The fraction of sp³-hybridized carbons (Fsp3) is 0.400. The van der Waals surface area contributed by atoms with E-state index in [9.17, 15) is 21.6 Å². The van der Waals surface area contributed by atoms with Crippen LogP contribution in [-0.2, 0) is 14.3 Å². The minimum atomic E-state index is -5.62. The Morgan fingerprint density at radius 1 is 1.50 bits per heavy atom. The van der Waals surface area contributed by atoms with Gasteiger partial charge in [0.1, 0.15) is 0 Å². The van der Waals surface area contributed by atoms with Crippen LogP contribution >= 0.6 is 0 Å². The summed E-state index contributed by atoms with van der Waals surface area (Å²) in [6, 6.07) is 0. The maximum absolute atomic E-state index is 11.8. The van der Waals surface area contributed by atoms with Crippen molar-refractivity contribution in [3.8, 4) is 0 Å². The molecule has 0 fully saturated rings. The SMILES string of the molecule is O=S(=O)(OC1=NNCC=C1)C(F)(F)F. The van der Waals surface area contributed by atoms with Gasteiger partial charge in [0.15, 0.2) is 0 Å². The average Bonchev–Trinajstić information content (AvgIpc) is 2.03. The van der Waals surface area contributed by atoms with Gasteiger partial charge in [-0.1, -0.05) is 6.08 Å². The number of nitrogens with one attached hydrogen (secondary N) is 1. The molecule has 1 aliphatic rings. The average molecular weight is 230 g/mol. The van der Waals surface area contributed by atoms with Gasteiger partial charge in [0, 0.05) is 6.08 Å². The van der Waals surface area contributed by atoms with E-state index in [4.69, 9.17) is 0 Å². The van der Waals surface area contributed by atoms with E-state index in [0.717, 1.165) is 6.08 Å². The maximum Gasteiger partial charge on any atom is 0.534 e. The Balaban J connectivity index is 2.79. The highest BCUT2D eigenvalue weighted by molar-refractivity contribution is 7.88. The first-order valence-corrected chi connectivity index (χ1v) is 4.71. The van der Waals surface area contributed by atoms with Gasteiger partial charge in [-0.15, -0.1) is 5.10 Å². The molecule has 1 aliphatic heterocycles. The summed E-state index contributed by atoms with van der Waals surface area (Å²) in [6.45, 7) is 0.304. The topological polar surface area (TPSA) is 67.8 Å². The van der Waals surface area contributed by atoms with Gasteiger partial charge in [0.2, 0.25) is 5.90 Å². The van der Waals surface area contributed by atoms with Gasteiger partial charge in [-0.05, 0) is 0 Å². The largest absolute Gasteiger partial charge is 0.534 e. The summed E-state index contributed by atoms with van der Waals surface area (Å²) >= 11 is 0. The van der Waals surface area contributed by atoms with Crippen LogP contribution in [0.4, 0.5) is 13.2 Å². The van der Waals surface area contributed by atoms with Crippen LogP contribution in [0.2, 0.25) is 0 Å². The molecule has 0 aromatic rings. The van der Waals surface area contributed by atoms with E-state index in [0.29, 0.717) is 6.54 Å². The third kappa shape index (κ3) is 2.37. The van der Waals surface area contributed by atoms with Gasteiger partial charge in [-0.3, -0.25) is 0 Å². The molecule has 0 aliphatic carbocycles. The summed E-state index contributed by atoms with van der Waals surface area (Å²) in [7, 11) is -5.62. The Morgan fingerprint density at radius 2 is 2.14 bits per heavy atom. The predicted molar refractivity (Wildman–Crippen MR) is 40.6 cm³/mol. The molecule has 0 saturated carbocycles. The van der Waals surface area contributed by atoms with Crippen LogP contribution < -0.4 is 5.43 Å². The van der Waals surface area contributed by atoms with E-state index in [-0.39, 0.29) is 0 Å². The van der Waals surface area contributed by atoms with Crippen LogP contribution in [0.1, 0.15) is 0 Å². The number of hydrazone groups is 1. The maximum atomic E-state index is 11.8. The highest BCUT2D eigenvalue weighted by Gasteiger charge is 2.49. The Morgan fingerprint density at radius 3 is 2.57 bits per heavy atom. The first-order valence-electron chi connectivity index (χ1n) is 3.31. The highest BCUT2D eigenvalue weighted by Crippen LogP contribution is 2.24. The summed E-state index contributed by atoms with van der Waals surface area (Å²) in [5, 5.41) is 3.21. The predicted octanol–water partition coefficient (Wildman–Crippen LogP) is 0.326. The van der Waals surface area contributed by atoms with Crippen molar-refractivity contribution in [1.82, 2.24) is 5.43 Å². The lowest BCUT2D eigenvalue weighted by Crippen LogP contribution is -2.29. The first-order chi connectivity index (χ1) is 6.33. The molecule has 1 rings (SSSR count). The second-order valence-corrected chi connectivity index (χ2v) is 3.74. The zero-order valence-corrected chi connectivity index (χ0v) is 7.39. The molecule has 5 nitrogen and oxygen atoms in total. The van der Waals surface area contributed by atoms with E-state index in [1.807, 2.05) is 0 Å². The molecule has 0 saturated heterocycles. The minimum Gasteiger partial charge on any atom is -0.354 e. The van der Waals surface area contributed by atoms with Crippen molar-refractivity contribution in [1.29, 1.82) is 0 Å². The van der Waals surface area contributed by atoms with Crippen molar-refractivity contribution in [2.45, 2.75) is 5.51 Å². The lowest BCUT2D eigenvalue weighted by molar-refractivity contribution is -0.0504. The fourth-order valence-corrected chi connectivity index (χ4v) is 0.991. The van der Waals surface area contributed by atoms with Crippen molar-refractivity contribution in [2.75, 3.05) is 6.54 Å². The quantitative estimate of drug-likeness (QED) is 0.520. The fourth-order valence-electron chi connectivity index (χ4n) is 0.579. The van der Waals surface area contributed by atoms with Gasteiger partial charge in [0.25, 0.3) is 0 Å². The highest BCUT2D eigenvalue weighted by atomic mass is 32.2. The molecular formula is C5H5F3N2O3S. The molecule has 1 heterocycles. The molecule has 14 heavy (non-hydrogen) atoms. The van der Waals surface area contributed by atoms with Crippen LogP contribution in [0.25, 0.3) is 0 Å². The number of hydrogen-bond donors (Lipinski definition) is 1. The van der Waals surface area contributed by atoms with Gasteiger partial charge in [-0.25, -0.2) is 0 Å². The second kappa shape index (κ2) is 3.48. The molecule has 0 radical (unpaired) electrons. The standard InChI is InChI=1S/C5H5F3N2O3S/c6-5(7,8)14(11,12)13-4-2-1-3-9-10-4/h1-2,9H,3H2. The van der Waals surface area contributed by atoms with Crippen LogP contribution in [-0.4, -0.2) is 26.4 Å². The van der Waals surface area contributed by atoms with E-state index in [1.54, 1.807) is 0 Å². The van der Waals surface area contributed by atoms with Crippen LogP contribution in [0.5, 0.6) is 0 Å². The third-order valence-corrected chi connectivity index (χ3v) is 2.09. The lowest BCUT2D eigenvalue weighted by Gasteiger charge is -2.10. The molecule has 9 heteroatoms. The Hall–Kier alpha value is -1.25. The molecule has 0 atom stereocenters. The van der Waals surface area contributed by atoms with Crippen molar-refractivity contribution in [3.05, 3.63) is 12.2 Å². The molecule has 1 N–H and O–H groups in total. The molecule has 0 bridgehead atoms. The Labute approximate surface area is 77.4 Å². The second-order valence-electron chi connectivity index (χ2n) is 2.20. The summed E-state index contributed by atoms with van der Waals surface area (Å²) in [5.74, 6) is -0.645. The summed E-state index contributed by atoms with van der Waals surface area (Å²) in [5.41, 5.74) is -3.19. The van der Waals surface area contributed by atoms with Crippen molar-refractivity contribution in [3.63, 3.8) is 0 Å². The molecular weight excluding hydrogens is 225 g/mol. The number of halogens is 3. The number of nitrogens with zero attached hydrogens (tertiary/aromatic N) is 1. The van der Waals surface area contributed by atoms with Gasteiger partial charge < -0.3 is 9.61 Å². The zero-order valence-electron chi connectivity index (χ0n) is 6.58. The van der Waals surface area contributed by atoms with E-state index >= 15 is 0 Å². The van der Waals surface area contributed by atoms with Crippen LogP contribution in [0, 0.1) is 0 Å². The third-order valence-electron chi connectivity index (χ3n) is 1.14. The van der Waals surface area contributed by atoms with Gasteiger partial charge in [-0.2, -0.15) is 21.6 Å². The van der Waals surface area contributed by atoms with E-state index < -0.39 is 21.5 Å². The van der Waals surface area contributed by atoms with Crippen LogP contribution in [0.3, 0.4) is 0 Å². The van der Waals surface area contributed by atoms with Crippen molar-refractivity contribution in [2.24, 2.45) is 5.10 Å². The van der Waals surface area contributed by atoms with Crippen molar-refractivity contribution >= 4 is 16.0 Å². The summed E-state index contributed by atoms with van der Waals surface area (Å²) in [4.78, 5) is 0. The molecule has 0 spiro atoms. The molecule has 0 unspecified atom stereocenters. The number of alkyl halides is 3. The lowest BCUT2D eigenvalue weighted by atomic mass is 10.5. The van der Waals surface area contributed by atoms with E-state index in [2.05, 4.69) is 14.7 Å². The normalized spacial score (nSPS) is 17.2. The summed E-state index contributed by atoms with van der Waals surface area (Å²) in [6.07, 6.45) is 2.40. The molecule has 0 aromatic carbocycles. The number of rotatable bonds is 1. The molecule has 0 aromatic heterocycles. The van der Waals surface area contributed by atoms with Crippen molar-refractivity contribution < 1.29 is 25.8 Å². The molecule has 80 valence electrons. The first kappa shape index (κ1) is 10.8. The van der Waals surface area contributed by atoms with Crippen LogP contribution in [0.15, 0.2) is 17.3 Å². The minimum absolute atomic E-state index is 0.304. The van der Waals surface area contributed by atoms with Gasteiger partial charge in [0.05, 0.1) is 6.54 Å². The van der Waals surface area contributed by atoms with E-state index in [1.165, 1.54) is 6.08 Å². The monoisotopic (exact) mass is 230 g/mol. The Bertz CT molecular complexity index is 370. The van der Waals surface area contributed by atoms with Gasteiger partial charge >= 0.3 is 15.6 Å². The smallest absolute Gasteiger partial charge is 0.354 e. The number of hydrogen-bond acceptors (Lipinski definition) is 5. The Kier molecular flexibility index (Phi) is 2.69. The zero-order chi connectivity index (χ0) is 10.8. The summed E-state index contributed by atoms with van der Waals surface area (Å²) < 4.78 is 59.9.